The molecule has 6 heteroatoms. The van der Waals surface area contributed by atoms with Gasteiger partial charge in [0, 0.05) is 12.4 Å². The van der Waals surface area contributed by atoms with E-state index < -0.39 is 13.6 Å². The SMILES string of the molecule is [O]=[Cr](=[O])([OH])[OH].c1cc[nH]c1. The first-order valence-electron chi connectivity index (χ1n) is 2.28. The minimum absolute atomic E-state index is 1.88. The van der Waals surface area contributed by atoms with Gasteiger partial charge in [0.05, 0.1) is 0 Å². The molecule has 0 aliphatic carbocycles. The molecule has 58 valence electrons. The second-order valence-corrected chi connectivity index (χ2v) is 2.73. The molecule has 0 radical (unpaired) electrons. The molecule has 0 aliphatic heterocycles. The van der Waals surface area contributed by atoms with Gasteiger partial charge in [0.25, 0.3) is 0 Å². The van der Waals surface area contributed by atoms with Crippen LogP contribution in [0.4, 0.5) is 0 Å². The van der Waals surface area contributed by atoms with Gasteiger partial charge in [0.15, 0.2) is 0 Å². The minimum Gasteiger partial charge on any atom is -0.368 e. The maximum Gasteiger partial charge on any atom is 0.000496 e. The Morgan fingerprint density at radius 1 is 1.10 bits per heavy atom. The molecular weight excluding hydrogens is 178 g/mol. The zero-order valence-electron chi connectivity index (χ0n) is 4.93. The average Bonchev–Trinajstić information content (AvgIpc) is 2.07. The van der Waals surface area contributed by atoms with Gasteiger partial charge in [-0.25, -0.2) is 0 Å². The molecule has 1 aromatic heterocycles. The van der Waals surface area contributed by atoms with E-state index in [1.54, 1.807) is 0 Å². The molecule has 3 N–H and O–H groups in total. The summed E-state index contributed by atoms with van der Waals surface area (Å²) >= 11 is -5.25. The Hall–Kier alpha value is -0.668. The Morgan fingerprint density at radius 2 is 1.40 bits per heavy atom. The van der Waals surface area contributed by atoms with Crippen LogP contribution in [0.15, 0.2) is 24.5 Å². The van der Waals surface area contributed by atoms with E-state index in [2.05, 4.69) is 4.98 Å². The van der Waals surface area contributed by atoms with Crippen LogP contribution in [0.5, 0.6) is 0 Å². The molecule has 0 saturated carbocycles. The van der Waals surface area contributed by atoms with Crippen LogP contribution in [-0.2, 0) is 21.2 Å². The molecule has 0 fully saturated rings. The van der Waals surface area contributed by atoms with Crippen LogP contribution in [0.3, 0.4) is 0 Å². The maximum absolute atomic E-state index is 8.82. The van der Waals surface area contributed by atoms with Crippen molar-refractivity contribution in [3.8, 4) is 0 Å². The number of rotatable bonds is 0. The van der Waals surface area contributed by atoms with Gasteiger partial charge in [0.2, 0.25) is 0 Å². The second-order valence-electron chi connectivity index (χ2n) is 1.33. The van der Waals surface area contributed by atoms with E-state index in [-0.39, 0.29) is 0 Å². The van der Waals surface area contributed by atoms with Crippen LogP contribution in [0, 0.1) is 0 Å². The Kier molecular flexibility index (Phi) is 3.92. The van der Waals surface area contributed by atoms with E-state index in [0.717, 1.165) is 0 Å². The van der Waals surface area contributed by atoms with Crippen molar-refractivity contribution in [2.75, 3.05) is 0 Å². The molecule has 0 bridgehead atoms. The van der Waals surface area contributed by atoms with Crippen LogP contribution >= 0.6 is 0 Å². The fourth-order valence-electron chi connectivity index (χ4n) is 0.278. The number of hydrogen-bond acceptors (Lipinski definition) is 2. The predicted molar refractivity (Wildman–Crippen MR) is 26.6 cm³/mol. The Balaban J connectivity index is 0.000000162. The van der Waals surface area contributed by atoms with Gasteiger partial charge in [0.1, 0.15) is 0 Å². The Morgan fingerprint density at radius 3 is 1.50 bits per heavy atom. The predicted octanol–water partition coefficient (Wildman–Crippen LogP) is -0.339. The standard InChI is InChI=1S/C4H5N.Cr.2H2O.2O/c1-2-4-5-3-1;;;;;/h1-5H;;2*1H2;;/q;+2;;;;/p-2. The first kappa shape index (κ1) is 9.33. The summed E-state index contributed by atoms with van der Waals surface area (Å²) in [6, 6.07) is 3.89. The number of H-pyrrole nitrogens is 1. The van der Waals surface area contributed by atoms with Crippen molar-refractivity contribution in [2.24, 2.45) is 0 Å². The number of nitrogens with one attached hydrogen (secondary N) is 1. The molecule has 0 spiro atoms. The largest absolute Gasteiger partial charge is 0.368 e. The fraction of sp³-hybridized carbons (Fsp3) is 0. The first-order chi connectivity index (χ1) is 4.50. The summed E-state index contributed by atoms with van der Waals surface area (Å²) in [5.74, 6) is 0. The molecule has 0 saturated heterocycles. The average molecular weight is 185 g/mol. The molecule has 1 aromatic rings. The number of aromatic nitrogens is 1. The summed E-state index contributed by atoms with van der Waals surface area (Å²) in [7, 11) is 0. The summed E-state index contributed by atoms with van der Waals surface area (Å²) in [5, 5.41) is 0. The molecule has 1 rings (SSSR count). The van der Waals surface area contributed by atoms with Crippen molar-refractivity contribution in [3.63, 3.8) is 0 Å². The zero-order chi connectivity index (χ0) is 8.04. The Bertz CT molecular complexity index is 213. The molecule has 0 unspecified atom stereocenters. The maximum atomic E-state index is 8.82. The zero-order valence-corrected chi connectivity index (χ0v) is 6.20. The molecule has 1 heterocycles. The third-order valence-electron chi connectivity index (χ3n) is 0.496. The first-order valence-corrected chi connectivity index (χ1v) is 4.46. The molecule has 0 amide bonds. The van der Waals surface area contributed by atoms with Crippen LogP contribution in [-0.4, -0.2) is 13.3 Å². The third-order valence-corrected chi connectivity index (χ3v) is 0.496. The van der Waals surface area contributed by atoms with Gasteiger partial charge < -0.3 is 4.98 Å². The van der Waals surface area contributed by atoms with Gasteiger partial charge in [-0.15, -0.1) is 0 Å². The monoisotopic (exact) mass is 185 g/mol. The van der Waals surface area contributed by atoms with Gasteiger partial charge in [-0.2, -0.15) is 0 Å². The normalized spacial score (nSPS) is 9.80. The summed E-state index contributed by atoms with van der Waals surface area (Å²) in [5.41, 5.74) is 0. The molecule has 0 atom stereocenters. The summed E-state index contributed by atoms with van der Waals surface area (Å²) in [4.78, 5) is 2.86. The smallest absolute Gasteiger partial charge is 0.000496 e. The van der Waals surface area contributed by atoms with E-state index in [1.807, 2.05) is 24.5 Å². The second kappa shape index (κ2) is 4.20. The van der Waals surface area contributed by atoms with E-state index >= 15 is 0 Å². The van der Waals surface area contributed by atoms with Gasteiger partial charge in [-0.1, -0.05) is 0 Å². The quantitative estimate of drug-likeness (QED) is 0.515. The van der Waals surface area contributed by atoms with Crippen LogP contribution in [0.1, 0.15) is 0 Å². The van der Waals surface area contributed by atoms with Gasteiger partial charge in [-0.3, -0.25) is 0 Å². The van der Waals surface area contributed by atoms with Crippen LogP contribution < -0.4 is 0 Å². The van der Waals surface area contributed by atoms with E-state index in [1.165, 1.54) is 0 Å². The fourth-order valence-corrected chi connectivity index (χ4v) is 0.278. The van der Waals surface area contributed by atoms with Crippen molar-refractivity contribution >= 4 is 0 Å². The van der Waals surface area contributed by atoms with Gasteiger partial charge >= 0.3 is 29.5 Å². The van der Waals surface area contributed by atoms with E-state index in [0.29, 0.717) is 0 Å². The summed E-state index contributed by atoms with van der Waals surface area (Å²) in [6.07, 6.45) is 3.75. The minimum atomic E-state index is -5.25. The van der Waals surface area contributed by atoms with E-state index in [4.69, 9.17) is 15.9 Å². The van der Waals surface area contributed by atoms with Gasteiger partial charge in [-0.05, 0) is 12.1 Å². The van der Waals surface area contributed by atoms with Crippen molar-refractivity contribution in [3.05, 3.63) is 24.5 Å². The molecule has 10 heavy (non-hydrogen) atoms. The van der Waals surface area contributed by atoms with Crippen molar-refractivity contribution < 1.29 is 29.5 Å². The van der Waals surface area contributed by atoms with Crippen molar-refractivity contribution in [1.82, 2.24) is 4.98 Å². The van der Waals surface area contributed by atoms with Crippen molar-refractivity contribution in [2.45, 2.75) is 0 Å². The van der Waals surface area contributed by atoms with Crippen LogP contribution in [0.25, 0.3) is 0 Å². The van der Waals surface area contributed by atoms with E-state index in [9.17, 15) is 0 Å². The summed E-state index contributed by atoms with van der Waals surface area (Å²) in [6.45, 7) is 0. The Labute approximate surface area is 59.7 Å². The molecular formula is C4H7CrNO4. The van der Waals surface area contributed by atoms with Crippen LogP contribution in [0.2, 0.25) is 0 Å². The third kappa shape index (κ3) is 15.7. The number of hydrogen-bond donors (Lipinski definition) is 3. The number of aromatic amines is 1. The van der Waals surface area contributed by atoms with Crippen molar-refractivity contribution in [1.29, 1.82) is 0 Å². The molecule has 0 aromatic carbocycles. The topological polar surface area (TPSA) is 90.4 Å². The summed E-state index contributed by atoms with van der Waals surface area (Å²) < 4.78 is 31.9. The molecule has 0 aliphatic rings. The molecule has 5 nitrogen and oxygen atoms in total.